The zero-order valence-electron chi connectivity index (χ0n) is 15.1. The van der Waals surface area contributed by atoms with Crippen LogP contribution in [-0.2, 0) is 11.3 Å². The van der Waals surface area contributed by atoms with E-state index in [0.29, 0.717) is 21.9 Å². The zero-order chi connectivity index (χ0) is 19.3. The summed E-state index contributed by atoms with van der Waals surface area (Å²) in [5, 5.41) is 3.47. The lowest BCUT2D eigenvalue weighted by atomic mass is 10.2. The van der Waals surface area contributed by atoms with Crippen LogP contribution in [0.2, 0.25) is 5.02 Å². The van der Waals surface area contributed by atoms with Crippen molar-refractivity contribution in [3.8, 4) is 5.75 Å². The van der Waals surface area contributed by atoms with Gasteiger partial charge in [0.2, 0.25) is 0 Å². The molecule has 1 saturated heterocycles. The fraction of sp³-hybridized carbons (Fsp3) is 0.300. The summed E-state index contributed by atoms with van der Waals surface area (Å²) in [5.41, 5.74) is 2.86. The smallest absolute Gasteiger partial charge is 0.258 e. The van der Waals surface area contributed by atoms with Crippen LogP contribution in [0, 0.1) is 0 Å². The van der Waals surface area contributed by atoms with Crippen molar-refractivity contribution < 1.29 is 9.53 Å². The van der Waals surface area contributed by atoms with Gasteiger partial charge in [0, 0.05) is 12.4 Å². The quantitative estimate of drug-likeness (QED) is 0.618. The molecule has 1 N–H and O–H groups in total. The molecule has 8 heteroatoms. The third-order valence-corrected chi connectivity index (χ3v) is 7.52. The third kappa shape index (κ3) is 4.96. The summed E-state index contributed by atoms with van der Waals surface area (Å²) in [6.07, 6.45) is 4.92. The van der Waals surface area contributed by atoms with Crippen LogP contribution in [0.4, 0.5) is 0 Å². The number of ether oxygens (including phenoxy) is 1. The number of amides is 1. The zero-order valence-corrected chi connectivity index (χ0v) is 17.5. The third-order valence-electron chi connectivity index (χ3n) is 4.28. The van der Waals surface area contributed by atoms with Gasteiger partial charge >= 0.3 is 0 Å². The first-order chi connectivity index (χ1) is 13.7. The normalized spacial score (nSPS) is 14.9. The van der Waals surface area contributed by atoms with Crippen molar-refractivity contribution in [1.29, 1.82) is 0 Å². The number of nitrogens with one attached hydrogen (secondary N) is 1. The second-order valence-electron chi connectivity index (χ2n) is 6.41. The highest BCUT2D eigenvalue weighted by molar-refractivity contribution is 8.16. The molecule has 0 saturated carbocycles. The summed E-state index contributed by atoms with van der Waals surface area (Å²) in [7, 11) is 0. The van der Waals surface area contributed by atoms with E-state index in [-0.39, 0.29) is 12.5 Å². The number of aromatic nitrogens is 2. The van der Waals surface area contributed by atoms with Gasteiger partial charge in [-0.2, -0.15) is 0 Å². The summed E-state index contributed by atoms with van der Waals surface area (Å²) < 4.78 is 7.95. The van der Waals surface area contributed by atoms with Crippen molar-refractivity contribution >= 4 is 46.7 Å². The Balaban J connectivity index is 1.25. The average molecular weight is 434 g/mol. The highest BCUT2D eigenvalue weighted by Gasteiger charge is 2.16. The topological polar surface area (TPSA) is 55.6 Å². The lowest BCUT2D eigenvalue weighted by Gasteiger charge is -2.21. The molecule has 0 spiro atoms. The van der Waals surface area contributed by atoms with Crippen LogP contribution in [0.25, 0.3) is 5.65 Å². The number of nitrogens with zero attached hydrogens (tertiary/aromatic N) is 2. The minimum Gasteiger partial charge on any atom is -0.484 e. The number of thioether (sulfide) groups is 2. The molecule has 4 rings (SSSR count). The number of fused-ring (bicyclic) bond motifs is 1. The molecule has 0 atom stereocenters. The first kappa shape index (κ1) is 19.5. The van der Waals surface area contributed by atoms with Gasteiger partial charge in [-0.15, -0.1) is 23.5 Å². The Morgan fingerprint density at radius 1 is 1.18 bits per heavy atom. The van der Waals surface area contributed by atoms with E-state index in [0.717, 1.165) is 11.3 Å². The van der Waals surface area contributed by atoms with Crippen LogP contribution in [0.5, 0.6) is 5.75 Å². The second-order valence-corrected chi connectivity index (χ2v) is 9.57. The molecule has 0 bridgehead atoms. The van der Waals surface area contributed by atoms with E-state index in [1.54, 1.807) is 12.3 Å². The number of carbonyl (C=O) groups excluding carboxylic acids is 1. The van der Waals surface area contributed by atoms with Crippen molar-refractivity contribution in [1.82, 2.24) is 14.7 Å². The number of benzene rings is 1. The molecule has 1 aromatic carbocycles. The molecular weight excluding hydrogens is 414 g/mol. The lowest BCUT2D eigenvalue weighted by Crippen LogP contribution is -2.28. The van der Waals surface area contributed by atoms with Crippen LogP contribution in [0.15, 0.2) is 48.8 Å². The van der Waals surface area contributed by atoms with Gasteiger partial charge in [-0.25, -0.2) is 4.98 Å². The van der Waals surface area contributed by atoms with Gasteiger partial charge in [-0.05, 0) is 47.8 Å². The number of halogens is 1. The second kappa shape index (κ2) is 9.11. The standard InChI is InChI=1S/C20H20ClN3O2S2/c21-15-4-7-18-23-16(12-24(18)11-15)10-22-19(25)13-26-17-5-2-14(3-6-17)20-27-8-1-9-28-20/h2-7,11-12,20H,1,8-10,13H2,(H,22,25). The van der Waals surface area contributed by atoms with Gasteiger partial charge in [0.25, 0.3) is 5.91 Å². The molecule has 146 valence electrons. The summed E-state index contributed by atoms with van der Waals surface area (Å²) in [4.78, 5) is 16.5. The minimum absolute atomic E-state index is 0.0223. The van der Waals surface area contributed by atoms with E-state index in [4.69, 9.17) is 16.3 Å². The van der Waals surface area contributed by atoms with E-state index in [2.05, 4.69) is 22.4 Å². The highest BCUT2D eigenvalue weighted by atomic mass is 35.5. The van der Waals surface area contributed by atoms with Crippen molar-refractivity contribution in [2.24, 2.45) is 0 Å². The molecule has 0 aliphatic carbocycles. The van der Waals surface area contributed by atoms with Crippen molar-refractivity contribution in [3.63, 3.8) is 0 Å². The number of rotatable bonds is 6. The fourth-order valence-electron chi connectivity index (χ4n) is 2.89. The first-order valence-corrected chi connectivity index (χ1v) is 11.5. The Morgan fingerprint density at radius 2 is 1.96 bits per heavy atom. The molecule has 3 aromatic rings. The van der Waals surface area contributed by atoms with Crippen LogP contribution < -0.4 is 10.1 Å². The van der Waals surface area contributed by atoms with Crippen molar-refractivity contribution in [2.75, 3.05) is 18.1 Å². The predicted molar refractivity (Wildman–Crippen MR) is 116 cm³/mol. The van der Waals surface area contributed by atoms with E-state index >= 15 is 0 Å². The number of hydrogen-bond acceptors (Lipinski definition) is 5. The van der Waals surface area contributed by atoms with Gasteiger partial charge in [-0.3, -0.25) is 4.79 Å². The Bertz CT molecular complexity index is 956. The number of pyridine rings is 1. The van der Waals surface area contributed by atoms with Crippen LogP contribution >= 0.6 is 35.1 Å². The molecular formula is C20H20ClN3O2S2. The highest BCUT2D eigenvalue weighted by Crippen LogP contribution is 2.43. The maximum absolute atomic E-state index is 12.1. The number of imidazole rings is 1. The SMILES string of the molecule is O=C(COc1ccc(C2SCCCS2)cc1)NCc1cn2cc(Cl)ccc2n1. The maximum Gasteiger partial charge on any atom is 0.258 e. The summed E-state index contributed by atoms with van der Waals surface area (Å²) in [6.45, 7) is 0.321. The van der Waals surface area contributed by atoms with Gasteiger partial charge in [0.05, 0.1) is 21.8 Å². The Labute approximate surface area is 177 Å². The molecule has 1 aliphatic heterocycles. The Morgan fingerprint density at radius 3 is 2.75 bits per heavy atom. The van der Waals surface area contributed by atoms with Gasteiger partial charge < -0.3 is 14.5 Å². The molecule has 1 aliphatic rings. The van der Waals surface area contributed by atoms with E-state index in [9.17, 15) is 4.79 Å². The van der Waals surface area contributed by atoms with E-state index in [1.165, 1.54) is 23.5 Å². The molecule has 2 aromatic heterocycles. The molecule has 0 radical (unpaired) electrons. The molecule has 28 heavy (non-hydrogen) atoms. The van der Waals surface area contributed by atoms with Crippen molar-refractivity contribution in [2.45, 2.75) is 17.5 Å². The number of hydrogen-bond donors (Lipinski definition) is 1. The predicted octanol–water partition coefficient (Wildman–Crippen LogP) is 4.55. The monoisotopic (exact) mass is 433 g/mol. The van der Waals surface area contributed by atoms with Crippen LogP contribution in [0.1, 0.15) is 22.3 Å². The fourth-order valence-corrected chi connectivity index (χ4v) is 5.96. The van der Waals surface area contributed by atoms with E-state index < -0.39 is 0 Å². The van der Waals surface area contributed by atoms with Gasteiger partial charge in [-0.1, -0.05) is 23.7 Å². The average Bonchev–Trinajstić information content (AvgIpc) is 3.14. The molecule has 1 fully saturated rings. The molecule has 1 amide bonds. The van der Waals surface area contributed by atoms with Crippen LogP contribution in [-0.4, -0.2) is 33.4 Å². The molecule has 5 nitrogen and oxygen atoms in total. The lowest BCUT2D eigenvalue weighted by molar-refractivity contribution is -0.123. The summed E-state index contributed by atoms with van der Waals surface area (Å²) in [6, 6.07) is 11.7. The Kier molecular flexibility index (Phi) is 6.34. The van der Waals surface area contributed by atoms with Crippen molar-refractivity contribution in [3.05, 3.63) is 65.1 Å². The Hall–Kier alpha value is -1.83. The molecule has 0 unspecified atom stereocenters. The number of carbonyl (C=O) groups is 1. The van der Waals surface area contributed by atoms with Gasteiger partial charge in [0.15, 0.2) is 6.61 Å². The summed E-state index contributed by atoms with van der Waals surface area (Å²) in [5.74, 6) is 2.95. The van der Waals surface area contributed by atoms with Gasteiger partial charge in [0.1, 0.15) is 11.4 Å². The first-order valence-electron chi connectivity index (χ1n) is 9.03. The maximum atomic E-state index is 12.1. The van der Waals surface area contributed by atoms with Crippen LogP contribution in [0.3, 0.4) is 0 Å². The largest absolute Gasteiger partial charge is 0.484 e. The summed E-state index contributed by atoms with van der Waals surface area (Å²) >= 11 is 9.95. The minimum atomic E-state index is -0.183. The van der Waals surface area contributed by atoms with E-state index in [1.807, 2.05) is 52.3 Å². The molecule has 3 heterocycles.